The molecule has 0 aromatic heterocycles. The Labute approximate surface area is 128 Å². The van der Waals surface area contributed by atoms with Crippen LogP contribution in [0.5, 0.6) is 0 Å². The summed E-state index contributed by atoms with van der Waals surface area (Å²) in [6.45, 7) is 2.53. The Hall–Kier alpha value is -1.06. The fourth-order valence-corrected chi connectivity index (χ4v) is 3.43. The first-order chi connectivity index (χ1) is 10.2. The number of hydrogen-bond acceptors (Lipinski definition) is 2. The zero-order chi connectivity index (χ0) is 15.6. The molecule has 0 unspecified atom stereocenters. The van der Waals surface area contributed by atoms with Gasteiger partial charge in [0.15, 0.2) is 0 Å². The van der Waals surface area contributed by atoms with E-state index in [4.69, 9.17) is 0 Å². The highest BCUT2D eigenvalue weighted by Crippen LogP contribution is 2.30. The van der Waals surface area contributed by atoms with Gasteiger partial charge < -0.3 is 10.0 Å². The third-order valence-electron chi connectivity index (χ3n) is 4.72. The number of rotatable bonds is 5. The van der Waals surface area contributed by atoms with Crippen LogP contribution in [0, 0.1) is 0 Å². The molecule has 0 radical (unpaired) electrons. The van der Waals surface area contributed by atoms with Crippen LogP contribution in [-0.2, 0) is 9.59 Å². The number of carbonyl (C=O) groups is 2. The second kappa shape index (κ2) is 9.80. The van der Waals surface area contributed by atoms with Crippen molar-refractivity contribution in [3.8, 4) is 0 Å². The lowest BCUT2D eigenvalue weighted by atomic mass is 9.84. The lowest BCUT2D eigenvalue weighted by molar-refractivity contribution is -0.156. The summed E-state index contributed by atoms with van der Waals surface area (Å²) in [5, 5.41) is 9.82. The van der Waals surface area contributed by atoms with Gasteiger partial charge >= 0.3 is 5.97 Å². The summed E-state index contributed by atoms with van der Waals surface area (Å²) in [4.78, 5) is 25.0. The molecule has 0 heterocycles. The number of carboxylic acids is 1. The van der Waals surface area contributed by atoms with Gasteiger partial charge in [-0.1, -0.05) is 64.7 Å². The predicted molar refractivity (Wildman–Crippen MR) is 84.2 cm³/mol. The summed E-state index contributed by atoms with van der Waals surface area (Å²) in [6.07, 6.45) is 12.9. The third-order valence-corrected chi connectivity index (χ3v) is 4.72. The topological polar surface area (TPSA) is 57.6 Å². The normalized spacial score (nSPS) is 20.8. The number of hydrogen-bond donors (Lipinski definition) is 1. The largest absolute Gasteiger partial charge is 0.479 e. The summed E-state index contributed by atoms with van der Waals surface area (Å²) in [5.41, 5.74) is -0.975. The molecule has 4 heteroatoms. The minimum absolute atomic E-state index is 0.538. The number of amides is 1. The van der Waals surface area contributed by atoms with E-state index in [1.165, 1.54) is 32.1 Å². The number of nitrogens with zero attached hydrogens (tertiary/aromatic N) is 1. The molecule has 1 aliphatic rings. The van der Waals surface area contributed by atoms with Crippen LogP contribution < -0.4 is 0 Å². The van der Waals surface area contributed by atoms with Gasteiger partial charge in [-0.15, -0.1) is 0 Å². The molecule has 1 saturated carbocycles. The third kappa shape index (κ3) is 5.33. The standard InChI is InChI=1S/C17H31NO3/c1-2-14-18(15-19)17(16(20)21)12-10-8-6-4-3-5-7-9-11-13-17/h15H,2-14H2,1H3,(H,20,21). The van der Waals surface area contributed by atoms with E-state index < -0.39 is 11.5 Å². The van der Waals surface area contributed by atoms with E-state index in [9.17, 15) is 14.7 Å². The average Bonchev–Trinajstić information content (AvgIpc) is 2.46. The maximum atomic E-state index is 12.0. The molecule has 0 spiro atoms. The maximum absolute atomic E-state index is 12.0. The van der Waals surface area contributed by atoms with Crippen molar-refractivity contribution in [2.75, 3.05) is 6.54 Å². The molecule has 0 aliphatic heterocycles. The van der Waals surface area contributed by atoms with Crippen molar-refractivity contribution in [1.29, 1.82) is 0 Å². The van der Waals surface area contributed by atoms with Crippen LogP contribution in [0.15, 0.2) is 0 Å². The molecule has 0 bridgehead atoms. The smallest absolute Gasteiger partial charge is 0.329 e. The lowest BCUT2D eigenvalue weighted by Crippen LogP contribution is -2.54. The van der Waals surface area contributed by atoms with Crippen LogP contribution >= 0.6 is 0 Å². The quantitative estimate of drug-likeness (QED) is 0.781. The Morgan fingerprint density at radius 2 is 1.43 bits per heavy atom. The van der Waals surface area contributed by atoms with E-state index in [2.05, 4.69) is 0 Å². The number of aliphatic carboxylic acids is 1. The molecule has 0 aromatic carbocycles. The van der Waals surface area contributed by atoms with Gasteiger partial charge in [0, 0.05) is 6.54 Å². The van der Waals surface area contributed by atoms with Crippen molar-refractivity contribution in [1.82, 2.24) is 4.90 Å². The van der Waals surface area contributed by atoms with E-state index >= 15 is 0 Å². The van der Waals surface area contributed by atoms with Crippen molar-refractivity contribution < 1.29 is 14.7 Å². The highest BCUT2D eigenvalue weighted by Gasteiger charge is 2.42. The fourth-order valence-electron chi connectivity index (χ4n) is 3.43. The second-order valence-electron chi connectivity index (χ2n) is 6.32. The predicted octanol–water partition coefficient (Wildman–Crippen LogP) is 3.98. The first-order valence-electron chi connectivity index (χ1n) is 8.63. The molecule has 0 aromatic rings. The van der Waals surface area contributed by atoms with Crippen molar-refractivity contribution in [2.45, 2.75) is 89.5 Å². The van der Waals surface area contributed by atoms with Crippen molar-refractivity contribution in [2.24, 2.45) is 0 Å². The zero-order valence-corrected chi connectivity index (χ0v) is 13.5. The van der Waals surface area contributed by atoms with Gasteiger partial charge in [0.2, 0.25) is 6.41 Å². The van der Waals surface area contributed by atoms with Gasteiger partial charge in [0.1, 0.15) is 5.54 Å². The Morgan fingerprint density at radius 3 is 1.76 bits per heavy atom. The maximum Gasteiger partial charge on any atom is 0.329 e. The zero-order valence-electron chi connectivity index (χ0n) is 13.5. The first kappa shape index (κ1) is 18.0. The Balaban J connectivity index is 2.85. The molecule has 122 valence electrons. The number of carbonyl (C=O) groups excluding carboxylic acids is 1. The minimum Gasteiger partial charge on any atom is -0.479 e. The molecule has 4 nitrogen and oxygen atoms in total. The number of carboxylic acid groups (broad SMARTS) is 1. The van der Waals surface area contributed by atoms with E-state index in [0.717, 1.165) is 38.5 Å². The molecule has 1 N–H and O–H groups in total. The van der Waals surface area contributed by atoms with Crippen molar-refractivity contribution in [3.63, 3.8) is 0 Å². The van der Waals surface area contributed by atoms with Gasteiger partial charge in [-0.05, 0) is 19.3 Å². The fraction of sp³-hybridized carbons (Fsp3) is 0.882. The lowest BCUT2D eigenvalue weighted by Gasteiger charge is -2.39. The summed E-state index contributed by atoms with van der Waals surface area (Å²) in [6, 6.07) is 0. The van der Waals surface area contributed by atoms with Crippen molar-refractivity contribution in [3.05, 3.63) is 0 Å². The SMILES string of the molecule is CCCN(C=O)C1(C(=O)O)CCCCCCCCCCC1. The molecule has 1 aliphatic carbocycles. The highest BCUT2D eigenvalue weighted by atomic mass is 16.4. The summed E-state index contributed by atoms with van der Waals surface area (Å²) >= 11 is 0. The van der Waals surface area contributed by atoms with E-state index in [0.29, 0.717) is 19.4 Å². The molecule has 1 fully saturated rings. The molecule has 21 heavy (non-hydrogen) atoms. The van der Waals surface area contributed by atoms with Crippen LogP contribution in [-0.4, -0.2) is 34.5 Å². The Bertz CT molecular complexity index is 305. The van der Waals surface area contributed by atoms with Crippen LogP contribution in [0.1, 0.15) is 84.0 Å². The highest BCUT2D eigenvalue weighted by molar-refractivity contribution is 5.81. The van der Waals surface area contributed by atoms with Gasteiger partial charge in [0.05, 0.1) is 0 Å². The van der Waals surface area contributed by atoms with E-state index in [-0.39, 0.29) is 0 Å². The van der Waals surface area contributed by atoms with Crippen LogP contribution in [0.2, 0.25) is 0 Å². The van der Waals surface area contributed by atoms with Crippen LogP contribution in [0.4, 0.5) is 0 Å². The first-order valence-corrected chi connectivity index (χ1v) is 8.63. The van der Waals surface area contributed by atoms with Gasteiger partial charge in [-0.25, -0.2) is 4.79 Å². The Morgan fingerprint density at radius 1 is 1.00 bits per heavy atom. The summed E-state index contributed by atoms with van der Waals surface area (Å²) in [5.74, 6) is -0.819. The van der Waals surface area contributed by atoms with E-state index in [1.807, 2.05) is 6.92 Å². The van der Waals surface area contributed by atoms with Gasteiger partial charge in [-0.2, -0.15) is 0 Å². The average molecular weight is 297 g/mol. The van der Waals surface area contributed by atoms with Crippen molar-refractivity contribution >= 4 is 12.4 Å². The molecular weight excluding hydrogens is 266 g/mol. The second-order valence-corrected chi connectivity index (χ2v) is 6.32. The van der Waals surface area contributed by atoms with E-state index in [1.54, 1.807) is 4.90 Å². The molecule has 1 rings (SSSR count). The molecular formula is C17H31NO3. The summed E-state index contributed by atoms with van der Waals surface area (Å²) in [7, 11) is 0. The van der Waals surface area contributed by atoms with Gasteiger partial charge in [0.25, 0.3) is 0 Å². The Kier molecular flexibility index (Phi) is 8.40. The monoisotopic (exact) mass is 297 g/mol. The molecule has 0 saturated heterocycles. The van der Waals surface area contributed by atoms with Crippen LogP contribution in [0.25, 0.3) is 0 Å². The van der Waals surface area contributed by atoms with Gasteiger partial charge in [-0.3, -0.25) is 4.79 Å². The summed E-state index contributed by atoms with van der Waals surface area (Å²) < 4.78 is 0. The molecule has 0 atom stereocenters. The molecule has 1 amide bonds. The minimum atomic E-state index is -0.975. The van der Waals surface area contributed by atoms with Crippen LogP contribution in [0.3, 0.4) is 0 Å².